The molecule has 5 heteroatoms. The van der Waals surface area contributed by atoms with E-state index in [1.165, 1.54) is 10.2 Å². The van der Waals surface area contributed by atoms with E-state index in [0.29, 0.717) is 10.8 Å². The highest BCUT2D eigenvalue weighted by Gasteiger charge is 2.22. The molecule has 0 aliphatic heterocycles. The monoisotopic (exact) mass is 363 g/mol. The molecule has 2 aromatic carbocycles. The molecule has 0 fully saturated rings. The second-order valence-electron chi connectivity index (χ2n) is 7.11. The molecule has 1 atom stereocenters. The van der Waals surface area contributed by atoms with Crippen LogP contribution in [0.4, 0.5) is 0 Å². The first kappa shape index (κ1) is 18.8. The van der Waals surface area contributed by atoms with Gasteiger partial charge in [0.15, 0.2) is 5.69 Å². The van der Waals surface area contributed by atoms with E-state index in [1.807, 2.05) is 6.07 Å². The third kappa shape index (κ3) is 3.77. The molecule has 0 radical (unpaired) electrons. The summed E-state index contributed by atoms with van der Waals surface area (Å²) in [5.41, 5.74) is 2.38. The van der Waals surface area contributed by atoms with E-state index in [9.17, 15) is 9.59 Å². The highest BCUT2D eigenvalue weighted by Crippen LogP contribution is 2.23. The molecule has 27 heavy (non-hydrogen) atoms. The fourth-order valence-corrected chi connectivity index (χ4v) is 3.27. The number of aryl methyl sites for hydroxylation is 2. The first-order valence-corrected chi connectivity index (χ1v) is 9.28. The third-order valence-electron chi connectivity index (χ3n) is 4.87. The van der Waals surface area contributed by atoms with Gasteiger partial charge in [0.1, 0.15) is 0 Å². The molecule has 1 unspecified atom stereocenters. The molecule has 5 nitrogen and oxygen atoms in total. The van der Waals surface area contributed by atoms with Gasteiger partial charge in [-0.05, 0) is 29.5 Å². The molecule has 3 rings (SSSR count). The van der Waals surface area contributed by atoms with Crippen LogP contribution in [0.3, 0.4) is 0 Å². The van der Waals surface area contributed by atoms with Crippen LogP contribution in [0.15, 0.2) is 53.3 Å². The summed E-state index contributed by atoms with van der Waals surface area (Å²) in [6.45, 7) is 6.27. The predicted molar refractivity (Wildman–Crippen MR) is 108 cm³/mol. The summed E-state index contributed by atoms with van der Waals surface area (Å²) < 4.78 is 1.22. The molecule has 0 aliphatic carbocycles. The van der Waals surface area contributed by atoms with Crippen LogP contribution >= 0.6 is 0 Å². The van der Waals surface area contributed by atoms with Gasteiger partial charge in [-0.3, -0.25) is 9.59 Å². The third-order valence-corrected chi connectivity index (χ3v) is 4.87. The minimum atomic E-state index is -0.278. The van der Waals surface area contributed by atoms with Crippen LogP contribution < -0.4 is 10.9 Å². The van der Waals surface area contributed by atoms with Crippen molar-refractivity contribution in [3.8, 4) is 0 Å². The van der Waals surface area contributed by atoms with Gasteiger partial charge in [0.2, 0.25) is 0 Å². The number of fused-ring (bicyclic) bond motifs is 1. The topological polar surface area (TPSA) is 64.0 Å². The number of carbonyl (C=O) groups is 1. The number of hydrogen-bond donors (Lipinski definition) is 1. The van der Waals surface area contributed by atoms with Gasteiger partial charge in [-0.25, -0.2) is 4.68 Å². The molecule has 0 saturated heterocycles. The maximum atomic E-state index is 13.0. The Hall–Kier alpha value is -2.95. The van der Waals surface area contributed by atoms with Gasteiger partial charge in [-0.2, -0.15) is 5.10 Å². The molecule has 3 aromatic rings. The van der Waals surface area contributed by atoms with Crippen molar-refractivity contribution in [2.75, 3.05) is 0 Å². The summed E-state index contributed by atoms with van der Waals surface area (Å²) in [5, 5.41) is 8.40. The molecule has 0 aliphatic rings. The Labute approximate surface area is 159 Å². The van der Waals surface area contributed by atoms with E-state index in [2.05, 4.69) is 55.5 Å². The van der Waals surface area contributed by atoms with Crippen LogP contribution in [0.25, 0.3) is 10.8 Å². The second-order valence-corrected chi connectivity index (χ2v) is 7.11. The lowest BCUT2D eigenvalue weighted by molar-refractivity contribution is 0.0920. The van der Waals surface area contributed by atoms with Gasteiger partial charge in [0.25, 0.3) is 11.5 Å². The molecule has 0 spiro atoms. The number of aromatic nitrogens is 2. The zero-order valence-electron chi connectivity index (χ0n) is 16.2. The van der Waals surface area contributed by atoms with Crippen molar-refractivity contribution in [3.05, 3.63) is 75.7 Å². The van der Waals surface area contributed by atoms with Crippen LogP contribution in [-0.2, 0) is 13.5 Å². The number of amides is 1. The van der Waals surface area contributed by atoms with Gasteiger partial charge < -0.3 is 5.32 Å². The van der Waals surface area contributed by atoms with E-state index < -0.39 is 0 Å². The highest BCUT2D eigenvalue weighted by atomic mass is 16.2. The van der Waals surface area contributed by atoms with Crippen molar-refractivity contribution in [1.29, 1.82) is 0 Å². The standard InChI is InChI=1S/C22H25N3O2/c1-5-15-10-12-16(13-11-15)19(14(2)3)23-21(26)20-17-8-6-7-9-18(17)22(27)25(4)24-20/h6-14,19H,5H2,1-4H3,(H,23,26). The lowest BCUT2D eigenvalue weighted by Crippen LogP contribution is -2.34. The van der Waals surface area contributed by atoms with Crippen LogP contribution in [0.2, 0.25) is 0 Å². The van der Waals surface area contributed by atoms with Crippen molar-refractivity contribution >= 4 is 16.7 Å². The van der Waals surface area contributed by atoms with Crippen molar-refractivity contribution < 1.29 is 4.79 Å². The second kappa shape index (κ2) is 7.74. The smallest absolute Gasteiger partial charge is 0.274 e. The molecular formula is C22H25N3O2. The van der Waals surface area contributed by atoms with E-state index in [4.69, 9.17) is 0 Å². The normalized spacial score (nSPS) is 12.3. The number of carbonyl (C=O) groups excluding carboxylic acids is 1. The zero-order valence-corrected chi connectivity index (χ0v) is 16.2. The molecule has 0 saturated carbocycles. The van der Waals surface area contributed by atoms with Crippen LogP contribution in [0, 0.1) is 5.92 Å². The van der Waals surface area contributed by atoms with E-state index in [1.54, 1.807) is 25.2 Å². The van der Waals surface area contributed by atoms with E-state index in [0.717, 1.165) is 12.0 Å². The largest absolute Gasteiger partial charge is 0.344 e. The first-order valence-electron chi connectivity index (χ1n) is 9.28. The lowest BCUT2D eigenvalue weighted by Gasteiger charge is -2.23. The van der Waals surface area contributed by atoms with Crippen molar-refractivity contribution in [1.82, 2.24) is 15.1 Å². The molecule has 1 aromatic heterocycles. The molecule has 1 N–H and O–H groups in total. The summed E-state index contributed by atoms with van der Waals surface area (Å²) in [4.78, 5) is 25.3. The maximum absolute atomic E-state index is 13.0. The van der Waals surface area contributed by atoms with Gasteiger partial charge in [0.05, 0.1) is 11.4 Å². The van der Waals surface area contributed by atoms with Crippen molar-refractivity contribution in [3.63, 3.8) is 0 Å². The SMILES string of the molecule is CCc1ccc(C(NC(=O)c2nn(C)c(=O)c3ccccc23)C(C)C)cc1. The minimum Gasteiger partial charge on any atom is -0.344 e. The number of rotatable bonds is 5. The Morgan fingerprint density at radius 2 is 1.70 bits per heavy atom. The number of benzene rings is 2. The Kier molecular flexibility index (Phi) is 5.40. The molecule has 1 amide bonds. The number of nitrogens with zero attached hydrogens (tertiary/aromatic N) is 2. The van der Waals surface area contributed by atoms with Gasteiger partial charge in [-0.15, -0.1) is 0 Å². The fraction of sp³-hybridized carbons (Fsp3) is 0.318. The average molecular weight is 363 g/mol. The first-order chi connectivity index (χ1) is 12.9. The molecular weight excluding hydrogens is 338 g/mol. The van der Waals surface area contributed by atoms with Crippen LogP contribution in [0.1, 0.15) is 48.4 Å². The number of hydrogen-bond acceptors (Lipinski definition) is 3. The van der Waals surface area contributed by atoms with Crippen molar-refractivity contribution in [2.24, 2.45) is 13.0 Å². The summed E-state index contributed by atoms with van der Waals surface area (Å²) in [5.74, 6) is -0.0692. The van der Waals surface area contributed by atoms with Gasteiger partial charge in [-0.1, -0.05) is 63.2 Å². The highest BCUT2D eigenvalue weighted by molar-refractivity contribution is 6.04. The Bertz CT molecular complexity index is 1020. The summed E-state index contributed by atoms with van der Waals surface area (Å²) in [6.07, 6.45) is 0.979. The van der Waals surface area contributed by atoms with Crippen molar-refractivity contribution in [2.45, 2.75) is 33.2 Å². The Morgan fingerprint density at radius 3 is 2.30 bits per heavy atom. The van der Waals surface area contributed by atoms with Crippen LogP contribution in [-0.4, -0.2) is 15.7 Å². The summed E-state index contributed by atoms with van der Waals surface area (Å²) in [7, 11) is 1.56. The van der Waals surface area contributed by atoms with E-state index in [-0.39, 0.29) is 29.1 Å². The minimum absolute atomic E-state index is 0.138. The zero-order chi connectivity index (χ0) is 19.6. The quantitative estimate of drug-likeness (QED) is 0.753. The predicted octanol–water partition coefficient (Wildman–Crippen LogP) is 3.62. The molecule has 0 bridgehead atoms. The Morgan fingerprint density at radius 1 is 1.07 bits per heavy atom. The van der Waals surface area contributed by atoms with Gasteiger partial charge in [0, 0.05) is 12.4 Å². The lowest BCUT2D eigenvalue weighted by atomic mass is 9.94. The van der Waals surface area contributed by atoms with E-state index >= 15 is 0 Å². The summed E-state index contributed by atoms with van der Waals surface area (Å²) >= 11 is 0. The molecule has 1 heterocycles. The van der Waals surface area contributed by atoms with Gasteiger partial charge >= 0.3 is 0 Å². The Balaban J connectivity index is 1.98. The average Bonchev–Trinajstić information content (AvgIpc) is 2.68. The number of nitrogens with one attached hydrogen (secondary N) is 1. The summed E-state index contributed by atoms with van der Waals surface area (Å²) in [6, 6.07) is 15.3. The molecule has 140 valence electrons. The van der Waals surface area contributed by atoms with Crippen LogP contribution in [0.5, 0.6) is 0 Å². The maximum Gasteiger partial charge on any atom is 0.274 e. The fourth-order valence-electron chi connectivity index (χ4n) is 3.27.